The fraction of sp³-hybridized carbons (Fsp3) is 0.308. The van der Waals surface area contributed by atoms with Crippen LogP contribution in [0.1, 0.15) is 10.6 Å². The Kier molecular flexibility index (Phi) is 3.73. The number of benzene rings is 1. The van der Waals surface area contributed by atoms with Crippen LogP contribution in [0.25, 0.3) is 11.0 Å². The number of hydrogen-bond donors (Lipinski definition) is 0. The van der Waals surface area contributed by atoms with E-state index in [-0.39, 0.29) is 5.78 Å². The highest BCUT2D eigenvalue weighted by molar-refractivity contribution is 9.10. The molecule has 4 nitrogen and oxygen atoms in total. The molecule has 96 valence electrons. The van der Waals surface area contributed by atoms with Gasteiger partial charge in [-0.2, -0.15) is 0 Å². The summed E-state index contributed by atoms with van der Waals surface area (Å²) in [6.07, 6.45) is 0. The van der Waals surface area contributed by atoms with Crippen molar-refractivity contribution in [3.63, 3.8) is 0 Å². The molecular formula is C13H14BrNO3. The molecule has 0 aliphatic carbocycles. The number of hydrogen-bond acceptors (Lipinski definition) is 4. The number of ketones is 1. The van der Waals surface area contributed by atoms with Gasteiger partial charge < -0.3 is 14.1 Å². The lowest BCUT2D eigenvalue weighted by atomic mass is 10.2. The molecule has 0 spiro atoms. The molecular weight excluding hydrogens is 298 g/mol. The molecule has 1 aromatic carbocycles. The van der Waals surface area contributed by atoms with Crippen molar-refractivity contribution < 1.29 is 13.9 Å². The number of carbonyl (C=O) groups excluding carboxylic acids is 1. The molecule has 2 aromatic rings. The van der Waals surface area contributed by atoms with Crippen LogP contribution in [0.2, 0.25) is 0 Å². The molecule has 0 aliphatic heterocycles. The lowest BCUT2D eigenvalue weighted by Crippen LogP contribution is -2.21. The molecule has 1 aromatic heterocycles. The maximum atomic E-state index is 11.9. The molecule has 0 unspecified atom stereocenters. The van der Waals surface area contributed by atoms with Crippen molar-refractivity contribution in [2.45, 2.75) is 0 Å². The Balaban J connectivity index is 2.44. The van der Waals surface area contributed by atoms with E-state index < -0.39 is 0 Å². The van der Waals surface area contributed by atoms with E-state index in [2.05, 4.69) is 15.9 Å². The first-order chi connectivity index (χ1) is 8.51. The molecule has 0 aliphatic rings. The molecule has 0 saturated carbocycles. The number of methoxy groups -OCH3 is 1. The Bertz CT molecular complexity index is 589. The average molecular weight is 312 g/mol. The summed E-state index contributed by atoms with van der Waals surface area (Å²) in [7, 11) is 5.30. The lowest BCUT2D eigenvalue weighted by Gasteiger charge is -2.05. The van der Waals surface area contributed by atoms with Crippen LogP contribution < -0.4 is 4.74 Å². The quantitative estimate of drug-likeness (QED) is 0.814. The van der Waals surface area contributed by atoms with E-state index >= 15 is 0 Å². The maximum Gasteiger partial charge on any atom is 0.211 e. The van der Waals surface area contributed by atoms with Gasteiger partial charge in [0, 0.05) is 5.39 Å². The zero-order chi connectivity index (χ0) is 13.3. The van der Waals surface area contributed by atoms with E-state index in [1.807, 2.05) is 31.1 Å². The van der Waals surface area contributed by atoms with Crippen molar-refractivity contribution in [3.05, 3.63) is 28.4 Å². The predicted octanol–water partition coefficient (Wildman–Crippen LogP) is 2.95. The van der Waals surface area contributed by atoms with Crippen molar-refractivity contribution in [1.29, 1.82) is 0 Å². The van der Waals surface area contributed by atoms with Crippen LogP contribution in [0.4, 0.5) is 0 Å². The van der Waals surface area contributed by atoms with Crippen LogP contribution in [0.5, 0.6) is 5.75 Å². The second kappa shape index (κ2) is 5.12. The number of fused-ring (bicyclic) bond motifs is 1. The Morgan fingerprint density at radius 3 is 2.72 bits per heavy atom. The molecule has 0 amide bonds. The number of furan rings is 1. The van der Waals surface area contributed by atoms with Gasteiger partial charge in [-0.25, -0.2) is 0 Å². The van der Waals surface area contributed by atoms with Crippen LogP contribution in [-0.4, -0.2) is 38.4 Å². The van der Waals surface area contributed by atoms with E-state index in [4.69, 9.17) is 9.15 Å². The van der Waals surface area contributed by atoms with Gasteiger partial charge in [-0.05, 0) is 48.2 Å². The minimum Gasteiger partial charge on any atom is -0.497 e. The smallest absolute Gasteiger partial charge is 0.211 e. The molecule has 18 heavy (non-hydrogen) atoms. The topological polar surface area (TPSA) is 42.7 Å². The molecule has 1 heterocycles. The number of ether oxygens (including phenoxy) is 1. The lowest BCUT2D eigenvalue weighted by molar-refractivity contribution is 0.0932. The van der Waals surface area contributed by atoms with Gasteiger partial charge in [-0.1, -0.05) is 0 Å². The molecule has 5 heteroatoms. The third-order valence-corrected chi connectivity index (χ3v) is 3.10. The molecule has 0 bridgehead atoms. The van der Waals surface area contributed by atoms with E-state index in [9.17, 15) is 4.79 Å². The predicted molar refractivity (Wildman–Crippen MR) is 73.4 cm³/mol. The van der Waals surface area contributed by atoms with E-state index in [0.717, 1.165) is 15.6 Å². The number of rotatable bonds is 4. The third kappa shape index (κ3) is 2.57. The first-order valence-electron chi connectivity index (χ1n) is 5.46. The summed E-state index contributed by atoms with van der Waals surface area (Å²) in [4.78, 5) is 13.7. The number of carbonyl (C=O) groups is 1. The highest BCUT2D eigenvalue weighted by Gasteiger charge is 2.15. The van der Waals surface area contributed by atoms with E-state index in [1.54, 1.807) is 13.2 Å². The Hall–Kier alpha value is -1.33. The fourth-order valence-corrected chi connectivity index (χ4v) is 2.24. The average Bonchev–Trinajstić information content (AvgIpc) is 2.72. The van der Waals surface area contributed by atoms with Crippen LogP contribution in [0.15, 0.2) is 27.1 Å². The van der Waals surface area contributed by atoms with E-state index in [0.29, 0.717) is 17.9 Å². The van der Waals surface area contributed by atoms with Crippen molar-refractivity contribution in [3.8, 4) is 5.75 Å². The summed E-state index contributed by atoms with van der Waals surface area (Å²) < 4.78 is 11.5. The number of Topliss-reactive ketones (excluding diaryl/α,β-unsaturated/α-hetero) is 1. The highest BCUT2D eigenvalue weighted by Crippen LogP contribution is 2.31. The zero-order valence-corrected chi connectivity index (χ0v) is 12.1. The van der Waals surface area contributed by atoms with Crippen molar-refractivity contribution in [2.24, 2.45) is 0 Å². The van der Waals surface area contributed by atoms with Crippen molar-refractivity contribution in [1.82, 2.24) is 4.90 Å². The number of nitrogens with zero attached hydrogens (tertiary/aromatic N) is 1. The maximum absolute atomic E-state index is 11.9. The monoisotopic (exact) mass is 311 g/mol. The Labute approximate surface area is 114 Å². The second-order valence-electron chi connectivity index (χ2n) is 4.30. The van der Waals surface area contributed by atoms with Gasteiger partial charge in [-0.3, -0.25) is 4.79 Å². The summed E-state index contributed by atoms with van der Waals surface area (Å²) in [6.45, 7) is 0.328. The van der Waals surface area contributed by atoms with Gasteiger partial charge in [-0.15, -0.1) is 0 Å². The largest absolute Gasteiger partial charge is 0.497 e. The summed E-state index contributed by atoms with van der Waals surface area (Å²) in [5.74, 6) is 1.05. The highest BCUT2D eigenvalue weighted by atomic mass is 79.9. The molecule has 0 radical (unpaired) electrons. The molecule has 0 N–H and O–H groups in total. The number of likely N-dealkylation sites (N-methyl/N-ethyl adjacent to an activating group) is 1. The summed E-state index contributed by atoms with van der Waals surface area (Å²) in [5.41, 5.74) is 0.665. The number of halogens is 1. The Morgan fingerprint density at radius 2 is 2.11 bits per heavy atom. The normalized spacial score (nSPS) is 11.2. The fourth-order valence-electron chi connectivity index (χ4n) is 1.70. The van der Waals surface area contributed by atoms with Gasteiger partial charge in [0.25, 0.3) is 0 Å². The third-order valence-electron chi connectivity index (χ3n) is 2.51. The van der Waals surface area contributed by atoms with Gasteiger partial charge >= 0.3 is 0 Å². The van der Waals surface area contributed by atoms with Crippen molar-refractivity contribution >= 4 is 32.7 Å². The standard InChI is InChI=1S/C13H14BrNO3/c1-15(2)7-11(16)12-5-8-4-9(17-3)6-10(14)13(8)18-12/h4-6H,7H2,1-3H3. The minimum absolute atomic E-state index is 0.0398. The Morgan fingerprint density at radius 1 is 1.39 bits per heavy atom. The molecule has 0 atom stereocenters. The zero-order valence-electron chi connectivity index (χ0n) is 10.5. The first-order valence-corrected chi connectivity index (χ1v) is 6.25. The SMILES string of the molecule is COc1cc(Br)c2oc(C(=O)CN(C)C)cc2c1. The summed E-state index contributed by atoms with van der Waals surface area (Å²) in [5, 5.41) is 0.850. The second-order valence-corrected chi connectivity index (χ2v) is 5.15. The molecule has 0 saturated heterocycles. The van der Waals surface area contributed by atoms with Crippen molar-refractivity contribution in [2.75, 3.05) is 27.7 Å². The summed E-state index contributed by atoms with van der Waals surface area (Å²) in [6, 6.07) is 5.40. The minimum atomic E-state index is -0.0398. The van der Waals surface area contributed by atoms with Crippen LogP contribution >= 0.6 is 15.9 Å². The molecule has 0 fully saturated rings. The first kappa shape index (κ1) is 13.1. The van der Waals surface area contributed by atoms with Crippen LogP contribution in [0.3, 0.4) is 0 Å². The summed E-state index contributed by atoms with van der Waals surface area (Å²) >= 11 is 3.41. The van der Waals surface area contributed by atoms with Crippen LogP contribution in [-0.2, 0) is 0 Å². The molecule has 2 rings (SSSR count). The van der Waals surface area contributed by atoms with Crippen LogP contribution in [0, 0.1) is 0 Å². The van der Waals surface area contributed by atoms with Gasteiger partial charge in [0.05, 0.1) is 18.1 Å². The van der Waals surface area contributed by atoms with Gasteiger partial charge in [0.1, 0.15) is 11.3 Å². The van der Waals surface area contributed by atoms with E-state index in [1.165, 1.54) is 0 Å². The van der Waals surface area contributed by atoms with Gasteiger partial charge in [0.2, 0.25) is 5.78 Å². The van der Waals surface area contributed by atoms with Gasteiger partial charge in [0.15, 0.2) is 5.76 Å².